The zero-order valence-electron chi connectivity index (χ0n) is 16.6. The first-order valence-electron chi connectivity index (χ1n) is 9.52. The number of likely N-dealkylation sites (tertiary alicyclic amines) is 1. The van der Waals surface area contributed by atoms with Crippen LogP contribution in [-0.4, -0.2) is 50.6 Å². The van der Waals surface area contributed by atoms with Gasteiger partial charge in [-0.2, -0.15) is 10.2 Å². The molecule has 28 heavy (non-hydrogen) atoms. The minimum absolute atomic E-state index is 0.0534. The zero-order chi connectivity index (χ0) is 20.1. The van der Waals surface area contributed by atoms with Crippen LogP contribution in [0.3, 0.4) is 0 Å². The van der Waals surface area contributed by atoms with Crippen LogP contribution in [0.1, 0.15) is 50.2 Å². The van der Waals surface area contributed by atoms with Gasteiger partial charge in [0, 0.05) is 37.3 Å². The van der Waals surface area contributed by atoms with Gasteiger partial charge in [-0.25, -0.2) is 4.79 Å². The Bertz CT molecular complexity index is 816. The van der Waals surface area contributed by atoms with Crippen molar-refractivity contribution in [1.82, 2.24) is 20.1 Å². The smallest absolute Gasteiger partial charge is 0.410 e. The summed E-state index contributed by atoms with van der Waals surface area (Å²) >= 11 is 0. The largest absolute Gasteiger partial charge is 0.444 e. The van der Waals surface area contributed by atoms with Crippen molar-refractivity contribution in [3.05, 3.63) is 53.6 Å². The summed E-state index contributed by atoms with van der Waals surface area (Å²) in [5.74, 6) is 0.191. The summed E-state index contributed by atoms with van der Waals surface area (Å²) in [4.78, 5) is 30.3. The van der Waals surface area contributed by atoms with Crippen LogP contribution in [0.5, 0.6) is 0 Å². The van der Waals surface area contributed by atoms with Gasteiger partial charge in [0.05, 0.1) is 17.8 Å². The van der Waals surface area contributed by atoms with E-state index in [4.69, 9.17) is 4.74 Å². The Morgan fingerprint density at radius 2 is 1.89 bits per heavy atom. The van der Waals surface area contributed by atoms with Crippen molar-refractivity contribution in [2.45, 2.75) is 51.6 Å². The van der Waals surface area contributed by atoms with Crippen LogP contribution in [0, 0.1) is 0 Å². The molecule has 0 spiro atoms. The maximum atomic E-state index is 12.2. The molecule has 7 nitrogen and oxygen atoms in total. The van der Waals surface area contributed by atoms with Gasteiger partial charge in [0.1, 0.15) is 11.4 Å². The fourth-order valence-corrected chi connectivity index (χ4v) is 3.15. The van der Waals surface area contributed by atoms with Gasteiger partial charge in [0.15, 0.2) is 0 Å². The van der Waals surface area contributed by atoms with Crippen LogP contribution >= 0.6 is 0 Å². The van der Waals surface area contributed by atoms with Crippen molar-refractivity contribution in [2.24, 2.45) is 0 Å². The van der Waals surface area contributed by atoms with Gasteiger partial charge in [-0.15, -0.1) is 0 Å². The SMILES string of the molecule is CC(C)(C)OC(=O)N1CC[C@H](c2ccc(CC(=O)Cc3ccccn3)nn2)C1. The Morgan fingerprint density at radius 3 is 2.54 bits per heavy atom. The predicted molar refractivity (Wildman–Crippen MR) is 104 cm³/mol. The molecule has 1 fully saturated rings. The molecule has 0 radical (unpaired) electrons. The van der Waals surface area contributed by atoms with Crippen molar-refractivity contribution in [3.8, 4) is 0 Å². The molecule has 3 heterocycles. The van der Waals surface area contributed by atoms with Gasteiger partial charge >= 0.3 is 6.09 Å². The summed E-state index contributed by atoms with van der Waals surface area (Å²) in [5.41, 5.74) is 1.74. The molecule has 0 saturated carbocycles. The van der Waals surface area contributed by atoms with E-state index in [1.165, 1.54) is 0 Å². The van der Waals surface area contributed by atoms with E-state index < -0.39 is 5.60 Å². The zero-order valence-corrected chi connectivity index (χ0v) is 16.6. The van der Waals surface area contributed by atoms with Crippen LogP contribution in [0.2, 0.25) is 0 Å². The number of rotatable bonds is 5. The van der Waals surface area contributed by atoms with E-state index in [0.29, 0.717) is 18.8 Å². The van der Waals surface area contributed by atoms with E-state index in [9.17, 15) is 9.59 Å². The topological polar surface area (TPSA) is 85.3 Å². The van der Waals surface area contributed by atoms with Crippen molar-refractivity contribution < 1.29 is 14.3 Å². The first-order valence-corrected chi connectivity index (χ1v) is 9.52. The van der Waals surface area contributed by atoms with Gasteiger partial charge < -0.3 is 9.64 Å². The molecule has 0 unspecified atom stereocenters. The molecule has 148 valence electrons. The molecule has 1 amide bonds. The molecule has 0 aliphatic carbocycles. The van der Waals surface area contributed by atoms with E-state index in [1.807, 2.05) is 51.1 Å². The average Bonchev–Trinajstić information content (AvgIpc) is 3.12. The number of carbonyl (C=O) groups excluding carboxylic acids is 2. The van der Waals surface area contributed by atoms with Gasteiger partial charge in [0.2, 0.25) is 0 Å². The predicted octanol–water partition coefficient (Wildman–Crippen LogP) is 2.95. The van der Waals surface area contributed by atoms with Crippen molar-refractivity contribution >= 4 is 11.9 Å². The Hall–Kier alpha value is -2.83. The van der Waals surface area contributed by atoms with Gasteiger partial charge in [-0.05, 0) is 51.5 Å². The molecule has 1 aliphatic rings. The van der Waals surface area contributed by atoms with Gasteiger partial charge in [0.25, 0.3) is 0 Å². The number of pyridine rings is 1. The van der Waals surface area contributed by atoms with Crippen molar-refractivity contribution in [3.63, 3.8) is 0 Å². The molecule has 2 aromatic heterocycles. The number of hydrogen-bond acceptors (Lipinski definition) is 6. The molecule has 0 N–H and O–H groups in total. The number of ether oxygens (including phenoxy) is 1. The highest BCUT2D eigenvalue weighted by atomic mass is 16.6. The Kier molecular flexibility index (Phi) is 6.02. The molecule has 1 atom stereocenters. The third-order valence-corrected chi connectivity index (χ3v) is 4.48. The molecule has 1 saturated heterocycles. The maximum Gasteiger partial charge on any atom is 0.410 e. The number of ketones is 1. The number of hydrogen-bond donors (Lipinski definition) is 0. The number of Topliss-reactive ketones (excluding diaryl/α,β-unsaturated/α-hetero) is 1. The number of carbonyl (C=O) groups is 2. The Balaban J connectivity index is 1.53. The van der Waals surface area contributed by atoms with Crippen molar-refractivity contribution in [1.29, 1.82) is 0 Å². The molecule has 3 rings (SSSR count). The van der Waals surface area contributed by atoms with E-state index in [0.717, 1.165) is 17.8 Å². The fraction of sp³-hybridized carbons (Fsp3) is 0.476. The molecular weight excluding hydrogens is 356 g/mol. The van der Waals surface area contributed by atoms with Gasteiger partial charge in [-0.1, -0.05) is 6.07 Å². The average molecular weight is 382 g/mol. The first-order chi connectivity index (χ1) is 13.3. The van der Waals surface area contributed by atoms with Crippen LogP contribution < -0.4 is 0 Å². The molecule has 0 aromatic carbocycles. The lowest BCUT2D eigenvalue weighted by molar-refractivity contribution is -0.117. The summed E-state index contributed by atoms with van der Waals surface area (Å²) in [7, 11) is 0. The summed E-state index contributed by atoms with van der Waals surface area (Å²) in [5, 5.41) is 8.50. The van der Waals surface area contributed by atoms with E-state index >= 15 is 0 Å². The highest BCUT2D eigenvalue weighted by molar-refractivity contribution is 5.82. The highest BCUT2D eigenvalue weighted by Gasteiger charge is 2.31. The minimum atomic E-state index is -0.502. The molecule has 1 aliphatic heterocycles. The van der Waals surface area contributed by atoms with Gasteiger partial charge in [-0.3, -0.25) is 9.78 Å². The lowest BCUT2D eigenvalue weighted by atomic mass is 10.0. The van der Waals surface area contributed by atoms with Crippen LogP contribution in [0.25, 0.3) is 0 Å². The molecule has 2 aromatic rings. The second-order valence-electron chi connectivity index (χ2n) is 8.07. The van der Waals surface area contributed by atoms with Crippen molar-refractivity contribution in [2.75, 3.05) is 13.1 Å². The third-order valence-electron chi connectivity index (χ3n) is 4.48. The summed E-state index contributed by atoms with van der Waals surface area (Å²) in [6.07, 6.45) is 2.74. The lowest BCUT2D eigenvalue weighted by Crippen LogP contribution is -2.35. The first kappa shape index (κ1) is 19.9. The molecular formula is C21H26N4O3. The molecule has 7 heteroatoms. The number of aromatic nitrogens is 3. The van der Waals surface area contributed by atoms with E-state index in [-0.39, 0.29) is 30.6 Å². The highest BCUT2D eigenvalue weighted by Crippen LogP contribution is 2.26. The van der Waals surface area contributed by atoms with Crippen LogP contribution in [0.15, 0.2) is 36.5 Å². The van der Waals surface area contributed by atoms with Crippen LogP contribution in [0.4, 0.5) is 4.79 Å². The second kappa shape index (κ2) is 8.46. The quantitative estimate of drug-likeness (QED) is 0.790. The minimum Gasteiger partial charge on any atom is -0.444 e. The molecule has 0 bridgehead atoms. The fourth-order valence-electron chi connectivity index (χ4n) is 3.15. The standard InChI is InChI=1S/C21H26N4O3/c1-21(2,3)28-20(27)25-11-9-15(14-25)19-8-7-17(23-24-19)13-18(26)12-16-6-4-5-10-22-16/h4-8,10,15H,9,11-14H2,1-3H3/t15-/m0/s1. The lowest BCUT2D eigenvalue weighted by Gasteiger charge is -2.24. The summed E-state index contributed by atoms with van der Waals surface area (Å²) in [6, 6.07) is 9.27. The van der Waals surface area contributed by atoms with E-state index in [1.54, 1.807) is 11.1 Å². The second-order valence-corrected chi connectivity index (χ2v) is 8.07. The van der Waals surface area contributed by atoms with Crippen LogP contribution in [-0.2, 0) is 22.4 Å². The maximum absolute atomic E-state index is 12.2. The third kappa shape index (κ3) is 5.58. The number of amides is 1. The summed E-state index contributed by atoms with van der Waals surface area (Å²) < 4.78 is 5.43. The summed E-state index contributed by atoms with van der Waals surface area (Å²) in [6.45, 7) is 6.79. The number of nitrogens with zero attached hydrogens (tertiary/aromatic N) is 4. The Labute approximate surface area is 165 Å². The monoisotopic (exact) mass is 382 g/mol. The van der Waals surface area contributed by atoms with E-state index in [2.05, 4.69) is 15.2 Å². The Morgan fingerprint density at radius 1 is 1.11 bits per heavy atom. The normalized spacial score (nSPS) is 16.8.